The highest BCUT2D eigenvalue weighted by Gasteiger charge is 2.28. The van der Waals surface area contributed by atoms with Crippen molar-refractivity contribution in [1.82, 2.24) is 0 Å². The summed E-state index contributed by atoms with van der Waals surface area (Å²) in [5.41, 5.74) is 1.20. The summed E-state index contributed by atoms with van der Waals surface area (Å²) in [7, 11) is 4.20. The van der Waals surface area contributed by atoms with Gasteiger partial charge in [-0.1, -0.05) is 128 Å². The molecule has 204 valence electrons. The molecule has 0 aliphatic rings. The highest BCUT2D eigenvalue weighted by molar-refractivity contribution is 7.94. The Hall–Kier alpha value is -4.84. The highest BCUT2D eigenvalue weighted by Crippen LogP contribution is 2.49. The molecule has 0 bridgehead atoms. The van der Waals surface area contributed by atoms with E-state index in [2.05, 4.69) is 152 Å². The third kappa shape index (κ3) is 3.35. The van der Waals surface area contributed by atoms with Gasteiger partial charge in [-0.05, 0) is 99.6 Å². The first-order valence-electron chi connectivity index (χ1n) is 14.9. The molecule has 0 saturated heterocycles. The Kier molecular flexibility index (Phi) is 5.08. The molecule has 0 fully saturated rings. The SMILES string of the molecule is C=P(c1ccc(N(C)C)cc1)(c1ccc2ccc3cccc4ccc1c2c34)c1ccc2ccc3cccc4ccc1c2c34. The van der Waals surface area contributed by atoms with E-state index in [9.17, 15) is 0 Å². The Morgan fingerprint density at radius 1 is 0.419 bits per heavy atom. The molecule has 0 spiro atoms. The predicted molar refractivity (Wildman–Crippen MR) is 194 cm³/mol. The molecule has 1 nitrogen and oxygen atoms in total. The molecule has 0 radical (unpaired) electrons. The predicted octanol–water partition coefficient (Wildman–Crippen LogP) is 9.27. The molecule has 9 rings (SSSR count). The summed E-state index contributed by atoms with van der Waals surface area (Å²) in [6.07, 6.45) is 5.32. The van der Waals surface area contributed by atoms with E-state index in [1.54, 1.807) is 0 Å². The summed E-state index contributed by atoms with van der Waals surface area (Å²) in [6, 6.07) is 50.2. The van der Waals surface area contributed by atoms with E-state index in [4.69, 9.17) is 6.30 Å². The lowest BCUT2D eigenvalue weighted by molar-refractivity contribution is 1.13. The fourth-order valence-corrected chi connectivity index (χ4v) is 10.8. The van der Waals surface area contributed by atoms with E-state index in [0.717, 1.165) is 0 Å². The standard InChI is InChI=1S/C41H30NP/c1-42(2)32-18-20-33(21-19-32)43(3,36-24-16-30-12-10-26-6-4-8-28-14-22-34(36)40(30)38(26)28)37-25-17-31-13-11-27-7-5-9-29-15-23-35(37)41(31)39(27)29/h4-25H,3H2,1-2H3. The van der Waals surface area contributed by atoms with Gasteiger partial charge in [0, 0.05) is 19.8 Å². The first-order chi connectivity index (χ1) is 21.0. The van der Waals surface area contributed by atoms with Crippen LogP contribution in [-0.4, -0.2) is 20.4 Å². The van der Waals surface area contributed by atoms with Crippen LogP contribution in [0.2, 0.25) is 0 Å². The lowest BCUT2D eigenvalue weighted by Gasteiger charge is -2.31. The molecule has 0 unspecified atom stereocenters. The Morgan fingerprint density at radius 2 is 0.791 bits per heavy atom. The molecule has 0 N–H and O–H groups in total. The molecule has 0 aromatic heterocycles. The number of benzene rings is 9. The van der Waals surface area contributed by atoms with Gasteiger partial charge in [-0.2, -0.15) is 0 Å². The quantitative estimate of drug-likeness (QED) is 0.151. The zero-order chi connectivity index (χ0) is 28.9. The summed E-state index contributed by atoms with van der Waals surface area (Å²) in [6.45, 7) is -2.36. The van der Waals surface area contributed by atoms with E-state index in [0.29, 0.717) is 0 Å². The van der Waals surface area contributed by atoms with Gasteiger partial charge in [-0.25, -0.2) is 0 Å². The van der Waals surface area contributed by atoms with E-state index < -0.39 is 6.89 Å². The zero-order valence-corrected chi connectivity index (χ0v) is 25.2. The van der Waals surface area contributed by atoms with E-state index >= 15 is 0 Å². The average Bonchev–Trinajstić information content (AvgIpc) is 3.05. The zero-order valence-electron chi connectivity index (χ0n) is 24.3. The maximum Gasteiger partial charge on any atom is 0.0361 e. The molecule has 0 aliphatic carbocycles. The van der Waals surface area contributed by atoms with Gasteiger partial charge in [0.2, 0.25) is 0 Å². The monoisotopic (exact) mass is 567 g/mol. The average molecular weight is 568 g/mol. The largest absolute Gasteiger partial charge is 0.378 e. The fraction of sp³-hybridized carbons (Fsp3) is 0.0488. The van der Waals surface area contributed by atoms with Crippen LogP contribution in [0, 0.1) is 0 Å². The Labute approximate surface area is 251 Å². The minimum Gasteiger partial charge on any atom is -0.378 e. The molecule has 43 heavy (non-hydrogen) atoms. The third-order valence-electron chi connectivity index (χ3n) is 9.64. The van der Waals surface area contributed by atoms with Crippen molar-refractivity contribution < 1.29 is 0 Å². The second-order valence-corrected chi connectivity index (χ2v) is 15.2. The van der Waals surface area contributed by atoms with E-state index in [1.165, 1.54) is 86.2 Å². The minimum absolute atomic E-state index is 1.20. The van der Waals surface area contributed by atoms with E-state index in [1.807, 2.05) is 0 Å². The number of hydrogen-bond donors (Lipinski definition) is 0. The Bertz CT molecular complexity index is 2370. The van der Waals surface area contributed by atoms with Gasteiger partial charge < -0.3 is 4.90 Å². The van der Waals surface area contributed by atoms with Gasteiger partial charge in [-0.3, -0.25) is 0 Å². The lowest BCUT2D eigenvalue weighted by Crippen LogP contribution is -2.27. The summed E-state index contributed by atoms with van der Waals surface area (Å²) in [5, 5.41) is 19.7. The number of anilines is 1. The van der Waals surface area contributed by atoms with Crippen LogP contribution in [0.25, 0.3) is 64.6 Å². The molecular weight excluding hydrogens is 537 g/mol. The van der Waals surface area contributed by atoms with Crippen molar-refractivity contribution in [3.05, 3.63) is 133 Å². The summed E-state index contributed by atoms with van der Waals surface area (Å²) < 4.78 is 0. The second-order valence-electron chi connectivity index (χ2n) is 12.1. The summed E-state index contributed by atoms with van der Waals surface area (Å²) in [5.74, 6) is 0. The fourth-order valence-electron chi connectivity index (χ4n) is 7.52. The smallest absolute Gasteiger partial charge is 0.0361 e. The van der Waals surface area contributed by atoms with Gasteiger partial charge in [0.1, 0.15) is 0 Å². The molecule has 9 aromatic carbocycles. The maximum atomic E-state index is 5.32. The molecule has 0 aliphatic heterocycles. The van der Waals surface area contributed by atoms with Crippen LogP contribution in [0.5, 0.6) is 0 Å². The molecule has 0 heterocycles. The normalized spacial score (nSPS) is 12.5. The van der Waals surface area contributed by atoms with Gasteiger partial charge in [0.05, 0.1) is 0 Å². The first-order valence-corrected chi connectivity index (χ1v) is 16.9. The van der Waals surface area contributed by atoms with Gasteiger partial charge >= 0.3 is 0 Å². The number of hydrogen-bond acceptors (Lipinski definition) is 1. The third-order valence-corrected chi connectivity index (χ3v) is 13.2. The van der Waals surface area contributed by atoms with Gasteiger partial charge in [-0.15, -0.1) is 0 Å². The highest BCUT2D eigenvalue weighted by atomic mass is 31.2. The van der Waals surface area contributed by atoms with Crippen LogP contribution >= 0.6 is 6.89 Å². The van der Waals surface area contributed by atoms with Gasteiger partial charge in [0.25, 0.3) is 0 Å². The summed E-state index contributed by atoms with van der Waals surface area (Å²) in [4.78, 5) is 2.17. The molecule has 0 atom stereocenters. The number of nitrogens with zero attached hydrogens (tertiary/aromatic N) is 1. The van der Waals surface area contributed by atoms with Crippen LogP contribution in [0.1, 0.15) is 0 Å². The lowest BCUT2D eigenvalue weighted by atomic mass is 9.94. The van der Waals surface area contributed by atoms with Crippen LogP contribution in [0.3, 0.4) is 0 Å². The molecule has 0 amide bonds. The summed E-state index contributed by atoms with van der Waals surface area (Å²) >= 11 is 0. The van der Waals surface area contributed by atoms with Crippen molar-refractivity contribution in [2.24, 2.45) is 0 Å². The first kappa shape index (κ1) is 24.7. The number of rotatable bonds is 4. The maximum absolute atomic E-state index is 5.32. The topological polar surface area (TPSA) is 3.24 Å². The molecule has 2 heteroatoms. The second kappa shape index (κ2) is 8.83. The van der Waals surface area contributed by atoms with Crippen LogP contribution in [-0.2, 0) is 0 Å². The van der Waals surface area contributed by atoms with Gasteiger partial charge in [0.15, 0.2) is 0 Å². The molecule has 0 saturated carbocycles. The Balaban J connectivity index is 1.44. The van der Waals surface area contributed by atoms with Crippen molar-refractivity contribution in [1.29, 1.82) is 0 Å². The van der Waals surface area contributed by atoms with Crippen molar-refractivity contribution >= 4 is 99.4 Å². The van der Waals surface area contributed by atoms with Crippen molar-refractivity contribution in [2.75, 3.05) is 19.0 Å². The van der Waals surface area contributed by atoms with E-state index in [-0.39, 0.29) is 0 Å². The van der Waals surface area contributed by atoms with Crippen molar-refractivity contribution in [3.8, 4) is 0 Å². The Morgan fingerprint density at radius 3 is 1.21 bits per heavy atom. The van der Waals surface area contributed by atoms with Crippen LogP contribution in [0.15, 0.2) is 133 Å². The molecular formula is C41H30NP. The van der Waals surface area contributed by atoms with Crippen LogP contribution in [0.4, 0.5) is 5.69 Å². The van der Waals surface area contributed by atoms with Crippen molar-refractivity contribution in [2.45, 2.75) is 0 Å². The minimum atomic E-state index is -2.36. The van der Waals surface area contributed by atoms with Crippen molar-refractivity contribution in [3.63, 3.8) is 0 Å². The van der Waals surface area contributed by atoms with Crippen LogP contribution < -0.4 is 20.8 Å². The molecule has 9 aromatic rings.